The van der Waals surface area contributed by atoms with Crippen LogP contribution in [0.25, 0.3) is 0 Å². The van der Waals surface area contributed by atoms with E-state index in [0.717, 1.165) is 37.9 Å². The molecule has 3 nitrogen and oxygen atoms in total. The maximum Gasteiger partial charge on any atom is 0.319 e. The first-order valence-electron chi connectivity index (χ1n) is 8.70. The number of hydrogen-bond donors (Lipinski definition) is 0. The lowest BCUT2D eigenvalue weighted by Gasteiger charge is -2.42. The molecule has 0 N–H and O–H groups in total. The van der Waals surface area contributed by atoms with Gasteiger partial charge in [-0.15, -0.1) is 6.58 Å². The lowest BCUT2D eigenvalue weighted by atomic mass is 9.77. The van der Waals surface area contributed by atoms with E-state index in [2.05, 4.69) is 46.5 Å². The standard InChI is InChI=1S/C19H34O3Si/c1-8-9-14-19(17(20)21-5)15-12-10-11-13-16(19)22-23(6,7)18(2,3)4/h8,13H,1,9-12,14-15H2,2-7H3. The van der Waals surface area contributed by atoms with Crippen LogP contribution in [0.1, 0.15) is 59.3 Å². The summed E-state index contributed by atoms with van der Waals surface area (Å²) in [4.78, 5) is 12.7. The quantitative estimate of drug-likeness (QED) is 0.360. The molecule has 0 aromatic heterocycles. The van der Waals surface area contributed by atoms with Crippen LogP contribution in [-0.4, -0.2) is 21.4 Å². The summed E-state index contributed by atoms with van der Waals surface area (Å²) in [6.07, 6.45) is 9.40. The van der Waals surface area contributed by atoms with Crippen molar-refractivity contribution in [3.05, 3.63) is 24.5 Å². The van der Waals surface area contributed by atoms with Crippen LogP contribution in [0.3, 0.4) is 0 Å². The Morgan fingerprint density at radius 1 is 1.39 bits per heavy atom. The number of allylic oxidation sites excluding steroid dienone is 2. The van der Waals surface area contributed by atoms with Crippen LogP contribution in [0.4, 0.5) is 0 Å². The van der Waals surface area contributed by atoms with E-state index in [4.69, 9.17) is 9.16 Å². The minimum absolute atomic E-state index is 0.0977. The largest absolute Gasteiger partial charge is 0.546 e. The molecule has 1 unspecified atom stereocenters. The maximum atomic E-state index is 12.7. The Kier molecular flexibility index (Phi) is 6.69. The molecule has 0 heterocycles. The third-order valence-corrected chi connectivity index (χ3v) is 9.72. The van der Waals surface area contributed by atoms with Gasteiger partial charge in [-0.05, 0) is 56.3 Å². The highest BCUT2D eigenvalue weighted by Crippen LogP contribution is 2.47. The number of carbonyl (C=O) groups excluding carboxylic acids is 1. The summed E-state index contributed by atoms with van der Waals surface area (Å²) in [6.45, 7) is 14.9. The summed E-state index contributed by atoms with van der Waals surface area (Å²) in [5, 5.41) is 0.0977. The molecule has 0 saturated heterocycles. The van der Waals surface area contributed by atoms with Crippen LogP contribution in [0.15, 0.2) is 24.5 Å². The lowest BCUT2D eigenvalue weighted by molar-refractivity contribution is -0.152. The third kappa shape index (κ3) is 4.49. The summed E-state index contributed by atoms with van der Waals surface area (Å²) >= 11 is 0. The van der Waals surface area contributed by atoms with Gasteiger partial charge in [-0.1, -0.05) is 33.3 Å². The smallest absolute Gasteiger partial charge is 0.319 e. The molecule has 1 aliphatic rings. The predicted octanol–water partition coefficient (Wildman–Crippen LogP) is 5.59. The molecule has 0 spiro atoms. The van der Waals surface area contributed by atoms with E-state index in [-0.39, 0.29) is 11.0 Å². The van der Waals surface area contributed by atoms with Crippen molar-refractivity contribution in [3.63, 3.8) is 0 Å². The molecule has 0 aliphatic heterocycles. The van der Waals surface area contributed by atoms with Gasteiger partial charge in [0.2, 0.25) is 8.32 Å². The first-order chi connectivity index (χ1) is 10.6. The fourth-order valence-electron chi connectivity index (χ4n) is 2.79. The van der Waals surface area contributed by atoms with Gasteiger partial charge in [0, 0.05) is 0 Å². The Hall–Kier alpha value is -1.03. The van der Waals surface area contributed by atoms with Crippen molar-refractivity contribution in [1.29, 1.82) is 0 Å². The highest BCUT2D eigenvalue weighted by molar-refractivity contribution is 6.74. The van der Waals surface area contributed by atoms with Crippen molar-refractivity contribution < 1.29 is 14.0 Å². The number of ether oxygens (including phenoxy) is 1. The number of carbonyl (C=O) groups is 1. The Morgan fingerprint density at radius 2 is 2.04 bits per heavy atom. The molecule has 23 heavy (non-hydrogen) atoms. The van der Waals surface area contributed by atoms with Crippen LogP contribution in [0, 0.1) is 5.41 Å². The number of hydrogen-bond acceptors (Lipinski definition) is 3. The summed E-state index contributed by atoms with van der Waals surface area (Å²) in [5.41, 5.74) is -0.644. The monoisotopic (exact) mass is 338 g/mol. The van der Waals surface area contributed by atoms with Gasteiger partial charge in [-0.3, -0.25) is 4.79 Å². The summed E-state index contributed by atoms with van der Waals surface area (Å²) in [5.74, 6) is 0.696. The minimum atomic E-state index is -2.00. The average Bonchev–Trinajstić information content (AvgIpc) is 2.66. The van der Waals surface area contributed by atoms with E-state index < -0.39 is 13.7 Å². The summed E-state index contributed by atoms with van der Waals surface area (Å²) in [6, 6.07) is 0. The maximum absolute atomic E-state index is 12.7. The van der Waals surface area contributed by atoms with Crippen LogP contribution in [-0.2, 0) is 14.0 Å². The van der Waals surface area contributed by atoms with Crippen molar-refractivity contribution in [2.24, 2.45) is 5.41 Å². The molecule has 0 fully saturated rings. The van der Waals surface area contributed by atoms with Crippen LogP contribution < -0.4 is 0 Å². The first kappa shape index (κ1) is 20.0. The Balaban J connectivity index is 3.26. The van der Waals surface area contributed by atoms with Gasteiger partial charge in [0.05, 0.1) is 12.9 Å². The Morgan fingerprint density at radius 3 is 2.57 bits per heavy atom. The van der Waals surface area contributed by atoms with Gasteiger partial charge >= 0.3 is 5.97 Å². The van der Waals surface area contributed by atoms with Gasteiger partial charge in [0.15, 0.2) is 0 Å². The SMILES string of the molecule is C=CCCC1(C(=O)OC)CCCCC=C1O[Si](C)(C)C(C)(C)C. The second kappa shape index (κ2) is 7.69. The molecule has 0 saturated carbocycles. The lowest BCUT2D eigenvalue weighted by Crippen LogP contribution is -2.45. The van der Waals surface area contributed by atoms with E-state index in [9.17, 15) is 4.79 Å². The van der Waals surface area contributed by atoms with Gasteiger partial charge in [-0.2, -0.15) is 0 Å². The van der Waals surface area contributed by atoms with Gasteiger partial charge in [0.1, 0.15) is 5.41 Å². The zero-order valence-electron chi connectivity index (χ0n) is 15.8. The molecule has 4 heteroatoms. The molecule has 132 valence electrons. The van der Waals surface area contributed by atoms with Crippen molar-refractivity contribution in [1.82, 2.24) is 0 Å². The van der Waals surface area contributed by atoms with E-state index in [0.29, 0.717) is 6.42 Å². The van der Waals surface area contributed by atoms with Gasteiger partial charge in [0.25, 0.3) is 0 Å². The topological polar surface area (TPSA) is 35.5 Å². The second-order valence-corrected chi connectivity index (χ2v) is 12.8. The zero-order chi connectivity index (χ0) is 17.7. The number of rotatable bonds is 6. The molecule has 0 radical (unpaired) electrons. The molecule has 1 aliphatic carbocycles. The fraction of sp³-hybridized carbons (Fsp3) is 0.737. The van der Waals surface area contributed by atoms with Crippen molar-refractivity contribution in [3.8, 4) is 0 Å². The highest BCUT2D eigenvalue weighted by atomic mass is 28.4. The van der Waals surface area contributed by atoms with Crippen LogP contribution in [0.5, 0.6) is 0 Å². The summed E-state index contributed by atoms with van der Waals surface area (Å²) < 4.78 is 11.8. The predicted molar refractivity (Wildman–Crippen MR) is 98.7 cm³/mol. The molecule has 0 aromatic rings. The normalized spacial score (nSPS) is 22.8. The van der Waals surface area contributed by atoms with E-state index in [1.54, 1.807) is 0 Å². The Bertz CT molecular complexity index is 460. The van der Waals surface area contributed by atoms with Gasteiger partial charge in [-0.25, -0.2) is 0 Å². The van der Waals surface area contributed by atoms with E-state index in [1.807, 2.05) is 6.08 Å². The molecule has 0 amide bonds. The second-order valence-electron chi connectivity index (χ2n) is 8.08. The molecular weight excluding hydrogens is 304 g/mol. The minimum Gasteiger partial charge on any atom is -0.546 e. The highest BCUT2D eigenvalue weighted by Gasteiger charge is 2.48. The van der Waals surface area contributed by atoms with Crippen LogP contribution in [0.2, 0.25) is 18.1 Å². The van der Waals surface area contributed by atoms with Crippen molar-refractivity contribution >= 4 is 14.3 Å². The van der Waals surface area contributed by atoms with E-state index >= 15 is 0 Å². The third-order valence-electron chi connectivity index (χ3n) is 5.38. The molecule has 1 atom stereocenters. The number of methoxy groups -OCH3 is 1. The van der Waals surface area contributed by atoms with E-state index in [1.165, 1.54) is 7.11 Å². The molecule has 1 rings (SSSR count). The average molecular weight is 339 g/mol. The van der Waals surface area contributed by atoms with Crippen molar-refractivity contribution in [2.45, 2.75) is 77.4 Å². The molecular formula is C19H34O3Si. The zero-order valence-corrected chi connectivity index (χ0v) is 16.8. The first-order valence-corrected chi connectivity index (χ1v) is 11.6. The Labute approximate surface area is 143 Å². The van der Waals surface area contributed by atoms with Crippen LogP contribution >= 0.6 is 0 Å². The van der Waals surface area contributed by atoms with Crippen molar-refractivity contribution in [2.75, 3.05) is 7.11 Å². The fourth-order valence-corrected chi connectivity index (χ4v) is 3.92. The van der Waals surface area contributed by atoms with Gasteiger partial charge < -0.3 is 9.16 Å². The molecule has 0 aromatic carbocycles. The number of esters is 1. The summed E-state index contributed by atoms with van der Waals surface area (Å²) in [7, 11) is -0.524. The molecule has 0 bridgehead atoms.